The Hall–Kier alpha value is -2.33. The van der Waals surface area contributed by atoms with Crippen LogP contribution < -0.4 is 16.9 Å². The van der Waals surface area contributed by atoms with E-state index in [1.54, 1.807) is 12.1 Å². The van der Waals surface area contributed by atoms with Crippen molar-refractivity contribution in [1.82, 2.24) is 0 Å². The van der Waals surface area contributed by atoms with E-state index in [1.807, 2.05) is 0 Å². The van der Waals surface area contributed by atoms with E-state index in [1.165, 1.54) is 18.2 Å². The molecule has 0 aromatic heterocycles. The number of guanidine groups is 1. The Morgan fingerprint density at radius 3 is 2.36 bits per heavy atom. The van der Waals surface area contributed by atoms with Crippen LogP contribution in [0.15, 0.2) is 29.3 Å². The number of rotatable bonds is 1. The Kier molecular flexibility index (Phi) is 5.18. The number of nitrogens with zero attached hydrogens (tertiary/aromatic N) is 1. The van der Waals surface area contributed by atoms with Gasteiger partial charge >= 0.3 is 5.96 Å². The maximum atomic E-state index is 9.72. The van der Waals surface area contributed by atoms with Gasteiger partial charge in [0.15, 0.2) is 0 Å². The normalized spacial score (nSPS) is 7.71. The molecule has 74 valence electrons. The molecule has 0 saturated carbocycles. The first-order chi connectivity index (χ1) is 6.57. The Morgan fingerprint density at radius 2 is 1.93 bits per heavy atom. The third kappa shape index (κ3) is 5.34. The average Bonchev–Trinajstić information content (AvgIpc) is 2.08. The molecule has 1 aromatic carbocycles. The highest BCUT2D eigenvalue weighted by atomic mass is 16.3. The van der Waals surface area contributed by atoms with Gasteiger partial charge in [0.05, 0.1) is 0 Å². The molecule has 0 bridgehead atoms. The summed E-state index contributed by atoms with van der Waals surface area (Å²) in [6.07, 6.45) is 1.34. The van der Waals surface area contributed by atoms with Crippen LogP contribution in [0.3, 0.4) is 0 Å². The zero-order valence-electron chi connectivity index (χ0n) is 7.34. The first-order valence-corrected chi connectivity index (χ1v) is 3.57. The van der Waals surface area contributed by atoms with Crippen molar-refractivity contribution in [2.45, 2.75) is 0 Å². The predicted molar refractivity (Wildman–Crippen MR) is 51.2 cm³/mol. The minimum absolute atomic E-state index is 0.00847. The number of phenolic OH excluding ortho intramolecular Hbond substituents is 1. The van der Waals surface area contributed by atoms with E-state index in [9.17, 15) is 4.79 Å². The molecule has 0 aliphatic heterocycles. The Bertz CT molecular complexity index is 354. The van der Waals surface area contributed by atoms with E-state index in [0.29, 0.717) is 0 Å². The largest absolute Gasteiger partial charge is 0.506 e. The van der Waals surface area contributed by atoms with Gasteiger partial charge in [-0.3, -0.25) is 16.9 Å². The van der Waals surface area contributed by atoms with Crippen molar-refractivity contribution >= 4 is 17.7 Å². The number of phenols is 1. The predicted octanol–water partition coefficient (Wildman–Crippen LogP) is -1.62. The number of carbonyl (C=O) groups excluding carboxylic acids is 1. The summed E-state index contributed by atoms with van der Waals surface area (Å²) >= 11 is 0. The first-order valence-electron chi connectivity index (χ1n) is 3.57. The number of para-hydroxylation sites is 2. The average molecular weight is 195 g/mol. The zero-order chi connectivity index (χ0) is 11.0. The van der Waals surface area contributed by atoms with Gasteiger partial charge in [0.25, 0.3) is 0 Å². The molecule has 0 aliphatic carbocycles. The summed E-state index contributed by atoms with van der Waals surface area (Å²) in [5.74, 6) is -0.0918. The van der Waals surface area contributed by atoms with Crippen molar-refractivity contribution in [3.8, 4) is 5.75 Å². The molecule has 14 heavy (non-hydrogen) atoms. The van der Waals surface area contributed by atoms with Crippen molar-refractivity contribution in [2.75, 3.05) is 0 Å². The van der Waals surface area contributed by atoms with Crippen LogP contribution in [-0.2, 0) is 4.79 Å². The van der Waals surface area contributed by atoms with E-state index in [-0.39, 0.29) is 17.4 Å². The smallest absolute Gasteiger partial charge is 0.336 e. The first kappa shape index (κ1) is 11.7. The Labute approximate surface area is 80.4 Å². The summed E-state index contributed by atoms with van der Waals surface area (Å²) < 4.78 is 0. The van der Waals surface area contributed by atoms with Crippen LogP contribution in [0, 0.1) is 0 Å². The summed E-state index contributed by atoms with van der Waals surface area (Å²) in [4.78, 5) is 13.0. The number of hydrogen-bond acceptors (Lipinski definition) is 3. The molecule has 6 nitrogen and oxygen atoms in total. The molecule has 6 heteroatoms. The molecule has 0 spiro atoms. The van der Waals surface area contributed by atoms with Gasteiger partial charge < -0.3 is 5.11 Å². The number of aliphatic imine (C=N–C) groups is 1. The summed E-state index contributed by atoms with van der Waals surface area (Å²) in [6, 6.07) is 6.31. The van der Waals surface area contributed by atoms with Crippen molar-refractivity contribution < 1.29 is 15.3 Å². The lowest BCUT2D eigenvalue weighted by Gasteiger charge is -1.91. The fraction of sp³-hybridized carbons (Fsp3) is 0. The second-order valence-electron chi connectivity index (χ2n) is 2.19. The lowest BCUT2D eigenvalue weighted by atomic mass is 10.3. The molecule has 0 saturated heterocycles. The highest BCUT2D eigenvalue weighted by molar-refractivity contribution is 5.68. The molecular formula is C8H11N4O2+. The Balaban J connectivity index is 0.000000364. The topological polar surface area (TPSA) is 127 Å². The monoisotopic (exact) mass is 195 g/mol. The molecule has 0 unspecified atom stereocenters. The van der Waals surface area contributed by atoms with Crippen LogP contribution in [0.1, 0.15) is 0 Å². The lowest BCUT2D eigenvalue weighted by molar-refractivity contribution is -0.116. The van der Waals surface area contributed by atoms with E-state index in [2.05, 4.69) is 21.9 Å². The van der Waals surface area contributed by atoms with Crippen LogP contribution >= 0.6 is 0 Å². The molecule has 7 N–H and O–H groups in total. The molecule has 0 amide bonds. The second kappa shape index (κ2) is 6.22. The third-order valence-electron chi connectivity index (χ3n) is 1.05. The van der Waals surface area contributed by atoms with Crippen molar-refractivity contribution in [1.29, 1.82) is 0 Å². The van der Waals surface area contributed by atoms with E-state index in [0.717, 1.165) is 0 Å². The summed E-state index contributed by atoms with van der Waals surface area (Å²) in [5.41, 5.74) is 9.41. The van der Waals surface area contributed by atoms with Crippen molar-refractivity contribution in [3.63, 3.8) is 0 Å². The van der Waals surface area contributed by atoms with E-state index >= 15 is 0 Å². The third-order valence-corrected chi connectivity index (χ3v) is 1.05. The molecule has 1 aromatic rings. The number of nitrogens with two attached hydrogens (primary N) is 3. The minimum Gasteiger partial charge on any atom is -0.506 e. The molecule has 0 fully saturated rings. The number of hydrogen-bond donors (Lipinski definition) is 4. The number of isocyanates is 1. The molecule has 1 rings (SSSR count). The minimum atomic E-state index is -0.0833. The SMILES string of the molecule is NC(N)=[NH2+].O=C=Nc1ccccc1O. The maximum Gasteiger partial charge on any atom is 0.336 e. The molecule has 0 radical (unpaired) electrons. The van der Waals surface area contributed by atoms with E-state index < -0.39 is 0 Å². The number of benzene rings is 1. The van der Waals surface area contributed by atoms with Gasteiger partial charge in [0.1, 0.15) is 11.4 Å². The highest BCUT2D eigenvalue weighted by Gasteiger charge is 1.93. The maximum absolute atomic E-state index is 9.72. The van der Waals surface area contributed by atoms with Gasteiger partial charge in [-0.15, -0.1) is 0 Å². The van der Waals surface area contributed by atoms with Crippen LogP contribution in [0.5, 0.6) is 5.75 Å². The highest BCUT2D eigenvalue weighted by Crippen LogP contribution is 2.23. The van der Waals surface area contributed by atoms with Gasteiger partial charge in [-0.25, -0.2) is 4.79 Å². The molecule has 0 heterocycles. The fourth-order valence-electron chi connectivity index (χ4n) is 0.608. The summed E-state index contributed by atoms with van der Waals surface area (Å²) in [5, 5.41) is 13.6. The zero-order valence-corrected chi connectivity index (χ0v) is 7.34. The van der Waals surface area contributed by atoms with Gasteiger partial charge in [-0.1, -0.05) is 12.1 Å². The molecule has 0 aliphatic rings. The van der Waals surface area contributed by atoms with Gasteiger partial charge in [0.2, 0.25) is 6.08 Å². The second-order valence-corrected chi connectivity index (χ2v) is 2.19. The van der Waals surface area contributed by atoms with E-state index in [4.69, 9.17) is 5.11 Å². The summed E-state index contributed by atoms with van der Waals surface area (Å²) in [7, 11) is 0. The van der Waals surface area contributed by atoms with Crippen LogP contribution in [0.25, 0.3) is 0 Å². The molecular weight excluding hydrogens is 184 g/mol. The van der Waals surface area contributed by atoms with Gasteiger partial charge in [0, 0.05) is 0 Å². The van der Waals surface area contributed by atoms with Crippen molar-refractivity contribution in [2.24, 2.45) is 16.5 Å². The standard InChI is InChI=1S/C7H5NO2.CH5N3/c9-5-8-6-3-1-2-4-7(6)10;2-1(3)4/h1-4,10H;(H5,2,3,4)/p+1. The quantitative estimate of drug-likeness (QED) is 0.244. The molecule has 0 atom stereocenters. The van der Waals surface area contributed by atoms with Crippen LogP contribution in [0.2, 0.25) is 0 Å². The number of aromatic hydroxyl groups is 1. The fourth-order valence-corrected chi connectivity index (χ4v) is 0.608. The van der Waals surface area contributed by atoms with Crippen molar-refractivity contribution in [3.05, 3.63) is 24.3 Å². The lowest BCUT2D eigenvalue weighted by Crippen LogP contribution is -2.51. The summed E-state index contributed by atoms with van der Waals surface area (Å²) in [6.45, 7) is 0. The van der Waals surface area contributed by atoms with Crippen LogP contribution in [0.4, 0.5) is 5.69 Å². The Morgan fingerprint density at radius 1 is 1.43 bits per heavy atom. The van der Waals surface area contributed by atoms with Gasteiger partial charge in [-0.05, 0) is 12.1 Å². The van der Waals surface area contributed by atoms with Crippen LogP contribution in [-0.4, -0.2) is 17.1 Å². The van der Waals surface area contributed by atoms with Gasteiger partial charge in [-0.2, -0.15) is 4.99 Å².